The van der Waals surface area contributed by atoms with Crippen LogP contribution in [0.5, 0.6) is 0 Å². The molecule has 2 aromatic rings. The van der Waals surface area contributed by atoms with Crippen molar-refractivity contribution in [1.82, 2.24) is 0 Å². The van der Waals surface area contributed by atoms with Gasteiger partial charge in [-0.3, -0.25) is 4.79 Å². The lowest BCUT2D eigenvalue weighted by molar-refractivity contribution is -0.255. The molecule has 3 rings (SSSR count). The third-order valence-electron chi connectivity index (χ3n) is 4.09. The second-order valence-electron chi connectivity index (χ2n) is 5.61. The SMILES string of the molecule is C=CC[C@@H]1c2cccc(C(=O)[O-])c2C(=O)N1c1cccc(C)c1. The zero-order chi connectivity index (χ0) is 16.6. The maximum absolute atomic E-state index is 12.9. The molecule has 0 aromatic heterocycles. The van der Waals surface area contributed by atoms with E-state index in [0.29, 0.717) is 12.0 Å². The van der Waals surface area contributed by atoms with Crippen LogP contribution in [-0.2, 0) is 0 Å². The van der Waals surface area contributed by atoms with Crippen molar-refractivity contribution in [2.24, 2.45) is 0 Å². The Morgan fingerprint density at radius 1 is 1.30 bits per heavy atom. The van der Waals surface area contributed by atoms with E-state index in [1.165, 1.54) is 6.07 Å². The van der Waals surface area contributed by atoms with Crippen LogP contribution in [0, 0.1) is 6.92 Å². The number of nitrogens with zero attached hydrogens (tertiary/aromatic N) is 1. The van der Waals surface area contributed by atoms with Crippen LogP contribution in [0.4, 0.5) is 5.69 Å². The predicted octanol–water partition coefficient (Wildman–Crippen LogP) is 2.64. The van der Waals surface area contributed by atoms with Gasteiger partial charge in [0.1, 0.15) is 0 Å². The van der Waals surface area contributed by atoms with E-state index in [-0.39, 0.29) is 23.1 Å². The fourth-order valence-corrected chi connectivity index (χ4v) is 3.12. The third-order valence-corrected chi connectivity index (χ3v) is 4.09. The van der Waals surface area contributed by atoms with Gasteiger partial charge in [-0.05, 0) is 36.6 Å². The molecule has 0 unspecified atom stereocenters. The largest absolute Gasteiger partial charge is 0.545 e. The van der Waals surface area contributed by atoms with Crippen molar-refractivity contribution in [1.29, 1.82) is 0 Å². The highest BCUT2D eigenvalue weighted by molar-refractivity contribution is 6.16. The summed E-state index contributed by atoms with van der Waals surface area (Å²) in [6.07, 6.45) is 2.28. The Balaban J connectivity index is 2.19. The van der Waals surface area contributed by atoms with Crippen molar-refractivity contribution >= 4 is 17.6 Å². The van der Waals surface area contributed by atoms with Crippen LogP contribution >= 0.6 is 0 Å². The average Bonchev–Trinajstić information content (AvgIpc) is 2.80. The van der Waals surface area contributed by atoms with Crippen molar-refractivity contribution in [2.45, 2.75) is 19.4 Å². The molecule has 1 aliphatic rings. The minimum Gasteiger partial charge on any atom is -0.545 e. The molecule has 1 aliphatic heterocycles. The Morgan fingerprint density at radius 2 is 2.04 bits per heavy atom. The van der Waals surface area contributed by atoms with Gasteiger partial charge in [-0.1, -0.05) is 36.4 Å². The highest BCUT2D eigenvalue weighted by atomic mass is 16.4. The van der Waals surface area contributed by atoms with Crippen LogP contribution in [0.15, 0.2) is 55.1 Å². The van der Waals surface area contributed by atoms with E-state index in [9.17, 15) is 14.7 Å². The Hall–Kier alpha value is -2.88. The number of carbonyl (C=O) groups is 2. The fourth-order valence-electron chi connectivity index (χ4n) is 3.12. The number of carbonyl (C=O) groups excluding carboxylic acids is 2. The molecule has 0 saturated carbocycles. The summed E-state index contributed by atoms with van der Waals surface area (Å²) < 4.78 is 0. The molecule has 1 heterocycles. The molecular weight excluding hydrogens is 290 g/mol. The molecule has 2 aromatic carbocycles. The van der Waals surface area contributed by atoms with Gasteiger partial charge in [0.25, 0.3) is 5.91 Å². The van der Waals surface area contributed by atoms with Crippen molar-refractivity contribution in [2.75, 3.05) is 4.90 Å². The van der Waals surface area contributed by atoms with Crippen molar-refractivity contribution in [3.05, 3.63) is 77.4 Å². The van der Waals surface area contributed by atoms with Crippen molar-refractivity contribution in [3.8, 4) is 0 Å². The number of fused-ring (bicyclic) bond motifs is 1. The predicted molar refractivity (Wildman–Crippen MR) is 86.3 cm³/mol. The van der Waals surface area contributed by atoms with E-state index < -0.39 is 5.97 Å². The summed E-state index contributed by atoms with van der Waals surface area (Å²) in [4.78, 5) is 25.9. The van der Waals surface area contributed by atoms with E-state index in [4.69, 9.17) is 0 Å². The number of benzene rings is 2. The number of carboxylic acids is 1. The summed E-state index contributed by atoms with van der Waals surface area (Å²) in [6.45, 7) is 5.71. The van der Waals surface area contributed by atoms with Crippen molar-refractivity contribution in [3.63, 3.8) is 0 Å². The summed E-state index contributed by atoms with van der Waals surface area (Å²) in [5, 5.41) is 11.4. The molecular formula is C19H16NO3-. The second kappa shape index (κ2) is 5.72. The Bertz CT molecular complexity index is 810. The summed E-state index contributed by atoms with van der Waals surface area (Å²) >= 11 is 0. The maximum Gasteiger partial charge on any atom is 0.259 e. The number of amides is 1. The lowest BCUT2D eigenvalue weighted by Gasteiger charge is -2.25. The number of aryl methyl sites for hydroxylation is 1. The number of hydrogen-bond acceptors (Lipinski definition) is 3. The van der Waals surface area contributed by atoms with Gasteiger partial charge in [-0.2, -0.15) is 0 Å². The van der Waals surface area contributed by atoms with Crippen LogP contribution in [0.3, 0.4) is 0 Å². The first-order valence-corrected chi connectivity index (χ1v) is 7.40. The Kier molecular flexibility index (Phi) is 3.74. The minimum absolute atomic E-state index is 0.0586. The van der Waals surface area contributed by atoms with Gasteiger partial charge in [0.2, 0.25) is 0 Å². The number of rotatable bonds is 4. The van der Waals surface area contributed by atoms with Gasteiger partial charge < -0.3 is 14.8 Å². The number of aromatic carboxylic acids is 1. The van der Waals surface area contributed by atoms with Crippen LogP contribution in [0.1, 0.15) is 44.3 Å². The fraction of sp³-hybridized carbons (Fsp3) is 0.158. The molecule has 0 radical (unpaired) electrons. The number of hydrogen-bond donors (Lipinski definition) is 0. The lowest BCUT2D eigenvalue weighted by Crippen LogP contribution is -2.29. The first-order chi connectivity index (χ1) is 11.0. The molecule has 116 valence electrons. The zero-order valence-corrected chi connectivity index (χ0v) is 12.8. The van der Waals surface area contributed by atoms with Crippen LogP contribution in [0.25, 0.3) is 0 Å². The second-order valence-corrected chi connectivity index (χ2v) is 5.61. The summed E-state index contributed by atoms with van der Waals surface area (Å²) in [5.74, 6) is -1.64. The molecule has 0 aliphatic carbocycles. The topological polar surface area (TPSA) is 60.4 Å². The molecule has 4 heteroatoms. The molecule has 23 heavy (non-hydrogen) atoms. The zero-order valence-electron chi connectivity index (χ0n) is 12.8. The van der Waals surface area contributed by atoms with Crippen molar-refractivity contribution < 1.29 is 14.7 Å². The van der Waals surface area contributed by atoms with Crippen LogP contribution in [-0.4, -0.2) is 11.9 Å². The molecule has 0 fully saturated rings. The molecule has 0 spiro atoms. The molecule has 0 N–H and O–H groups in total. The molecule has 4 nitrogen and oxygen atoms in total. The smallest absolute Gasteiger partial charge is 0.259 e. The van der Waals surface area contributed by atoms with Gasteiger partial charge in [-0.15, -0.1) is 6.58 Å². The monoisotopic (exact) mass is 306 g/mol. The van der Waals surface area contributed by atoms with E-state index in [1.807, 2.05) is 31.2 Å². The number of anilines is 1. The van der Waals surface area contributed by atoms with Crippen LogP contribution in [0.2, 0.25) is 0 Å². The highest BCUT2D eigenvalue weighted by Gasteiger charge is 2.38. The lowest BCUT2D eigenvalue weighted by atomic mass is 9.98. The summed E-state index contributed by atoms with van der Waals surface area (Å²) in [6, 6.07) is 12.2. The van der Waals surface area contributed by atoms with Gasteiger partial charge >= 0.3 is 0 Å². The van der Waals surface area contributed by atoms with E-state index in [1.54, 1.807) is 23.1 Å². The maximum atomic E-state index is 12.9. The quantitative estimate of drug-likeness (QED) is 0.816. The number of carboxylic acid groups (broad SMARTS) is 1. The van der Waals surface area contributed by atoms with E-state index >= 15 is 0 Å². The van der Waals surface area contributed by atoms with Gasteiger partial charge in [0, 0.05) is 11.3 Å². The Labute approximate surface area is 134 Å². The third kappa shape index (κ3) is 2.42. The molecule has 1 amide bonds. The summed E-state index contributed by atoms with van der Waals surface area (Å²) in [5.41, 5.74) is 2.65. The normalized spacial score (nSPS) is 16.3. The van der Waals surface area contributed by atoms with E-state index in [2.05, 4.69) is 6.58 Å². The van der Waals surface area contributed by atoms with Gasteiger partial charge in [0.05, 0.1) is 17.6 Å². The van der Waals surface area contributed by atoms with Gasteiger partial charge in [-0.25, -0.2) is 0 Å². The first kappa shape index (κ1) is 15.0. The van der Waals surface area contributed by atoms with Crippen LogP contribution < -0.4 is 10.0 Å². The standard InChI is InChI=1S/C19H17NO3/c1-3-6-16-14-9-5-10-15(19(22)23)17(14)18(21)20(16)13-8-4-7-12(2)11-13/h3-5,7-11,16H,1,6H2,2H3,(H,22,23)/p-1/t16-/m1/s1. The molecule has 0 bridgehead atoms. The summed E-state index contributed by atoms with van der Waals surface area (Å²) in [7, 11) is 0. The highest BCUT2D eigenvalue weighted by Crippen LogP contribution is 2.41. The molecule has 1 atom stereocenters. The minimum atomic E-state index is -1.33. The van der Waals surface area contributed by atoms with Gasteiger partial charge in [0.15, 0.2) is 0 Å². The average molecular weight is 306 g/mol. The first-order valence-electron chi connectivity index (χ1n) is 7.40. The van der Waals surface area contributed by atoms with E-state index in [0.717, 1.165) is 11.3 Å². The Morgan fingerprint density at radius 3 is 2.70 bits per heavy atom. The molecule has 0 saturated heterocycles.